The second-order valence-corrected chi connectivity index (χ2v) is 5.72. The summed E-state index contributed by atoms with van der Waals surface area (Å²) in [6, 6.07) is 5.94. The van der Waals surface area contributed by atoms with Crippen molar-refractivity contribution >= 4 is 27.7 Å². The molecule has 0 saturated heterocycles. The van der Waals surface area contributed by atoms with Gasteiger partial charge in [0.1, 0.15) is 11.9 Å². The number of halogens is 1. The highest BCUT2D eigenvalue weighted by Crippen LogP contribution is 2.27. The summed E-state index contributed by atoms with van der Waals surface area (Å²) < 4.78 is 6.23. The fourth-order valence-corrected chi connectivity index (χ4v) is 2.61. The second-order valence-electron chi connectivity index (χ2n) is 4.93. The average Bonchev–Trinajstić information content (AvgIpc) is 2.61. The van der Waals surface area contributed by atoms with Crippen molar-refractivity contribution in [1.29, 1.82) is 0 Å². The van der Waals surface area contributed by atoms with Gasteiger partial charge in [-0.3, -0.25) is 14.9 Å². The van der Waals surface area contributed by atoms with Gasteiger partial charge in [-0.25, -0.2) is 0 Å². The molecule has 1 aromatic rings. The lowest BCUT2D eigenvalue weighted by Crippen LogP contribution is -2.24. The van der Waals surface area contributed by atoms with Crippen LogP contribution in [0.3, 0.4) is 0 Å². The first-order chi connectivity index (χ1) is 9.40. The summed E-state index contributed by atoms with van der Waals surface area (Å²) in [6.45, 7) is 5.85. The summed E-state index contributed by atoms with van der Waals surface area (Å²) in [4.78, 5) is 23.0. The molecule has 0 radical (unpaired) electrons. The lowest BCUT2D eigenvalue weighted by atomic mass is 10.1. The number of rotatable bonds is 4. The van der Waals surface area contributed by atoms with Crippen molar-refractivity contribution in [3.63, 3.8) is 0 Å². The maximum absolute atomic E-state index is 11.6. The van der Waals surface area contributed by atoms with Gasteiger partial charge in [-0.1, -0.05) is 18.2 Å². The SMILES string of the molecule is Cc1cccc(C)c1OC(C)CC1=C(Br)C(=O)NC1=O. The highest BCUT2D eigenvalue weighted by molar-refractivity contribution is 9.12. The zero-order valence-electron chi connectivity index (χ0n) is 11.6. The summed E-state index contributed by atoms with van der Waals surface area (Å²) in [5, 5.41) is 2.25. The standard InChI is InChI=1S/C15H16BrNO3/c1-8-5-4-6-9(2)13(8)20-10(3)7-11-12(16)15(19)17-14(11)18/h4-6,10H,7H2,1-3H3,(H,17,18,19). The molecule has 1 heterocycles. The Balaban J connectivity index is 2.12. The Labute approximate surface area is 126 Å². The van der Waals surface area contributed by atoms with Gasteiger partial charge >= 0.3 is 0 Å². The van der Waals surface area contributed by atoms with Gasteiger partial charge in [-0.2, -0.15) is 0 Å². The first-order valence-electron chi connectivity index (χ1n) is 6.37. The van der Waals surface area contributed by atoms with Crippen LogP contribution in [0.2, 0.25) is 0 Å². The summed E-state index contributed by atoms with van der Waals surface area (Å²) in [6.07, 6.45) is 0.181. The van der Waals surface area contributed by atoms with Gasteiger partial charge in [0.2, 0.25) is 0 Å². The molecule has 1 N–H and O–H groups in total. The first-order valence-corrected chi connectivity index (χ1v) is 7.16. The zero-order chi connectivity index (χ0) is 14.9. The smallest absolute Gasteiger partial charge is 0.265 e. The van der Waals surface area contributed by atoms with Crippen LogP contribution in [-0.2, 0) is 9.59 Å². The number of nitrogens with one attached hydrogen (secondary N) is 1. The molecule has 1 aliphatic heterocycles. The van der Waals surface area contributed by atoms with Crippen LogP contribution in [0.1, 0.15) is 24.5 Å². The van der Waals surface area contributed by atoms with Crippen LogP contribution in [-0.4, -0.2) is 17.9 Å². The van der Waals surface area contributed by atoms with Gasteiger partial charge in [0.25, 0.3) is 11.8 Å². The van der Waals surface area contributed by atoms with Gasteiger partial charge in [0.15, 0.2) is 0 Å². The number of benzene rings is 1. The monoisotopic (exact) mass is 337 g/mol. The number of hydrogen-bond acceptors (Lipinski definition) is 3. The summed E-state index contributed by atoms with van der Waals surface area (Å²) >= 11 is 3.14. The maximum Gasteiger partial charge on any atom is 0.265 e. The van der Waals surface area contributed by atoms with Crippen LogP contribution in [0.5, 0.6) is 5.75 Å². The molecule has 0 aromatic heterocycles. The Kier molecular flexibility index (Phi) is 4.28. The Morgan fingerprint density at radius 3 is 2.30 bits per heavy atom. The van der Waals surface area contributed by atoms with E-state index >= 15 is 0 Å². The molecule has 20 heavy (non-hydrogen) atoms. The van der Waals surface area contributed by atoms with E-state index in [0.29, 0.717) is 16.5 Å². The van der Waals surface area contributed by atoms with E-state index in [1.807, 2.05) is 39.0 Å². The minimum atomic E-state index is -0.385. The fourth-order valence-electron chi connectivity index (χ4n) is 2.17. The molecule has 0 bridgehead atoms. The first kappa shape index (κ1) is 14.8. The van der Waals surface area contributed by atoms with Crippen molar-refractivity contribution in [1.82, 2.24) is 5.32 Å². The van der Waals surface area contributed by atoms with E-state index in [-0.39, 0.29) is 17.9 Å². The van der Waals surface area contributed by atoms with E-state index in [0.717, 1.165) is 16.9 Å². The highest BCUT2D eigenvalue weighted by Gasteiger charge is 2.29. The number of para-hydroxylation sites is 1. The van der Waals surface area contributed by atoms with Crippen LogP contribution in [0.4, 0.5) is 0 Å². The molecule has 1 unspecified atom stereocenters. The van der Waals surface area contributed by atoms with E-state index in [1.54, 1.807) is 0 Å². The topological polar surface area (TPSA) is 55.4 Å². The van der Waals surface area contributed by atoms with Crippen molar-refractivity contribution < 1.29 is 14.3 Å². The summed E-state index contributed by atoms with van der Waals surface area (Å²) in [7, 11) is 0. The van der Waals surface area contributed by atoms with Crippen LogP contribution in [0.25, 0.3) is 0 Å². The van der Waals surface area contributed by atoms with Gasteiger partial charge in [0, 0.05) is 12.0 Å². The molecule has 0 aliphatic carbocycles. The van der Waals surface area contributed by atoms with Crippen molar-refractivity contribution in [2.45, 2.75) is 33.3 Å². The molecule has 4 nitrogen and oxygen atoms in total. The Morgan fingerprint density at radius 2 is 1.80 bits per heavy atom. The fraction of sp³-hybridized carbons (Fsp3) is 0.333. The number of carbonyl (C=O) groups excluding carboxylic acids is 2. The maximum atomic E-state index is 11.6. The van der Waals surface area contributed by atoms with Gasteiger partial charge in [0.05, 0.1) is 4.48 Å². The number of imide groups is 1. The van der Waals surface area contributed by atoms with Gasteiger partial charge < -0.3 is 4.74 Å². The third-order valence-corrected chi connectivity index (χ3v) is 4.02. The van der Waals surface area contributed by atoms with Crippen LogP contribution in [0, 0.1) is 13.8 Å². The van der Waals surface area contributed by atoms with E-state index in [1.165, 1.54) is 0 Å². The molecule has 1 aliphatic rings. The molecule has 0 spiro atoms. The quantitative estimate of drug-likeness (QED) is 0.859. The van der Waals surface area contributed by atoms with Crippen molar-refractivity contribution in [2.75, 3.05) is 0 Å². The van der Waals surface area contributed by atoms with Crippen molar-refractivity contribution in [3.8, 4) is 5.75 Å². The van der Waals surface area contributed by atoms with Crippen LogP contribution in [0.15, 0.2) is 28.3 Å². The molecule has 2 rings (SSSR count). The molecule has 0 saturated carbocycles. The minimum Gasteiger partial charge on any atom is -0.490 e. The molecule has 5 heteroatoms. The molecule has 0 fully saturated rings. The van der Waals surface area contributed by atoms with Crippen molar-refractivity contribution in [2.24, 2.45) is 0 Å². The van der Waals surface area contributed by atoms with Crippen LogP contribution >= 0.6 is 15.9 Å². The summed E-state index contributed by atoms with van der Waals surface area (Å²) in [5.41, 5.74) is 2.54. The van der Waals surface area contributed by atoms with Gasteiger partial charge in [-0.05, 0) is 47.8 Å². The Morgan fingerprint density at radius 1 is 1.20 bits per heavy atom. The predicted molar refractivity (Wildman–Crippen MR) is 79.7 cm³/mol. The predicted octanol–water partition coefficient (Wildman–Crippen LogP) is 2.77. The van der Waals surface area contributed by atoms with E-state index < -0.39 is 0 Å². The van der Waals surface area contributed by atoms with Crippen molar-refractivity contribution in [3.05, 3.63) is 39.4 Å². The largest absolute Gasteiger partial charge is 0.490 e. The van der Waals surface area contributed by atoms with E-state index in [9.17, 15) is 9.59 Å². The van der Waals surface area contributed by atoms with Gasteiger partial charge in [-0.15, -0.1) is 0 Å². The number of hydrogen-bond donors (Lipinski definition) is 1. The zero-order valence-corrected chi connectivity index (χ0v) is 13.2. The molecule has 106 valence electrons. The van der Waals surface area contributed by atoms with E-state index in [4.69, 9.17) is 4.74 Å². The third kappa shape index (κ3) is 2.93. The third-order valence-electron chi connectivity index (χ3n) is 3.18. The van der Waals surface area contributed by atoms with Crippen LogP contribution < -0.4 is 10.1 Å². The highest BCUT2D eigenvalue weighted by atomic mass is 79.9. The van der Waals surface area contributed by atoms with E-state index in [2.05, 4.69) is 21.2 Å². The normalized spacial score (nSPS) is 16.4. The number of carbonyl (C=O) groups is 2. The molecule has 1 atom stereocenters. The molecular weight excluding hydrogens is 322 g/mol. The average molecular weight is 338 g/mol. The number of amides is 2. The molecule has 2 amide bonds. The minimum absolute atomic E-state index is 0.200. The second kappa shape index (κ2) is 5.79. The number of ether oxygens (including phenoxy) is 1. The number of aryl methyl sites for hydroxylation is 2. The molecular formula is C15H16BrNO3. The lowest BCUT2D eigenvalue weighted by Gasteiger charge is -2.18. The lowest BCUT2D eigenvalue weighted by molar-refractivity contribution is -0.124. The Hall–Kier alpha value is -1.62. The molecule has 1 aromatic carbocycles. The Bertz CT molecular complexity index is 587. The summed E-state index contributed by atoms with van der Waals surface area (Å²) in [5.74, 6) is 0.101.